The van der Waals surface area contributed by atoms with Gasteiger partial charge in [-0.15, -0.1) is 11.3 Å². The maximum absolute atomic E-state index is 12.4. The van der Waals surface area contributed by atoms with Crippen molar-refractivity contribution in [3.05, 3.63) is 62.4 Å². The highest BCUT2D eigenvalue weighted by Gasteiger charge is 2.32. The van der Waals surface area contributed by atoms with E-state index in [0.29, 0.717) is 36.0 Å². The van der Waals surface area contributed by atoms with E-state index in [1.165, 1.54) is 21.5 Å². The molecular formula is C24H32BrN3O3S. The summed E-state index contributed by atoms with van der Waals surface area (Å²) in [6.45, 7) is 6.02. The summed E-state index contributed by atoms with van der Waals surface area (Å²) in [7, 11) is 2.04. The van der Waals surface area contributed by atoms with Gasteiger partial charge in [0.25, 0.3) is 5.56 Å². The smallest absolute Gasteiger partial charge is 0.271 e. The number of benzene rings is 1. The third-order valence-corrected chi connectivity index (χ3v) is 7.14. The van der Waals surface area contributed by atoms with Gasteiger partial charge in [-0.1, -0.05) is 44.2 Å². The van der Waals surface area contributed by atoms with Crippen LogP contribution in [0.1, 0.15) is 38.7 Å². The van der Waals surface area contributed by atoms with E-state index in [1.807, 2.05) is 56.6 Å². The van der Waals surface area contributed by atoms with Crippen LogP contribution in [0.4, 0.5) is 0 Å². The van der Waals surface area contributed by atoms with Crippen LogP contribution in [0.5, 0.6) is 0 Å². The lowest BCUT2D eigenvalue weighted by atomic mass is 9.91. The van der Waals surface area contributed by atoms with Gasteiger partial charge in [-0.2, -0.15) is 0 Å². The minimum absolute atomic E-state index is 0.0712. The summed E-state index contributed by atoms with van der Waals surface area (Å²) in [5, 5.41) is 12.5. The van der Waals surface area contributed by atoms with Crippen molar-refractivity contribution in [2.24, 2.45) is 0 Å². The number of carbonyl (C=O) groups is 1. The van der Waals surface area contributed by atoms with Gasteiger partial charge >= 0.3 is 0 Å². The number of aromatic nitrogens is 2. The molecule has 174 valence electrons. The molecule has 0 unspecified atom stereocenters. The fraction of sp³-hybridized carbons (Fsp3) is 0.458. The first-order valence-corrected chi connectivity index (χ1v) is 12.6. The number of piperidine rings is 1. The maximum Gasteiger partial charge on any atom is 0.271 e. The molecule has 1 fully saturated rings. The van der Waals surface area contributed by atoms with Gasteiger partial charge in [0, 0.05) is 24.9 Å². The Morgan fingerprint density at radius 2 is 1.88 bits per heavy atom. The van der Waals surface area contributed by atoms with Crippen LogP contribution in [-0.4, -0.2) is 51.6 Å². The zero-order valence-electron chi connectivity index (χ0n) is 19.0. The highest BCUT2D eigenvalue weighted by molar-refractivity contribution is 9.10. The minimum atomic E-state index is -0.805. The Kier molecular flexibility index (Phi) is 10.7. The molecule has 32 heavy (non-hydrogen) atoms. The van der Waals surface area contributed by atoms with E-state index in [-0.39, 0.29) is 5.56 Å². The summed E-state index contributed by atoms with van der Waals surface area (Å²) >= 11 is 4.77. The van der Waals surface area contributed by atoms with Crippen LogP contribution >= 0.6 is 27.3 Å². The second-order valence-electron chi connectivity index (χ2n) is 7.66. The van der Waals surface area contributed by atoms with Crippen LogP contribution in [0.3, 0.4) is 0 Å². The molecule has 0 atom stereocenters. The lowest BCUT2D eigenvalue weighted by Gasteiger charge is -2.36. The number of nitrogens with zero attached hydrogens (tertiary/aromatic N) is 3. The molecule has 3 heterocycles. The molecule has 1 N–H and O–H groups in total. The zero-order chi connectivity index (χ0) is 23.6. The lowest BCUT2D eigenvalue weighted by Crippen LogP contribution is -2.46. The molecule has 2 aromatic heterocycles. The highest BCUT2D eigenvalue weighted by atomic mass is 79.9. The summed E-state index contributed by atoms with van der Waals surface area (Å²) in [6, 6.07) is 10.0. The number of thiophene rings is 1. The number of hydrogen-bond acceptors (Lipinski definition) is 6. The van der Waals surface area contributed by atoms with E-state index in [9.17, 15) is 14.7 Å². The number of carbonyl (C=O) groups excluding carboxylic acids is 1. The fourth-order valence-electron chi connectivity index (χ4n) is 3.41. The molecule has 0 aliphatic carbocycles. The molecule has 0 radical (unpaired) electrons. The van der Waals surface area contributed by atoms with Gasteiger partial charge in [0.15, 0.2) is 0 Å². The fourth-order valence-corrected chi connectivity index (χ4v) is 4.94. The minimum Gasteiger partial charge on any atom is -0.388 e. The van der Waals surface area contributed by atoms with Crippen molar-refractivity contribution in [2.75, 3.05) is 20.1 Å². The first-order chi connectivity index (χ1) is 15.4. The van der Waals surface area contributed by atoms with E-state index in [1.54, 1.807) is 6.33 Å². The number of aldehydes is 1. The molecule has 1 aliphatic rings. The summed E-state index contributed by atoms with van der Waals surface area (Å²) in [4.78, 5) is 28.9. The number of aliphatic hydroxyl groups is 1. The zero-order valence-corrected chi connectivity index (χ0v) is 21.4. The standard InChI is InChI=1S/C13H16BrN3O2S.C9H10O.C2H6/c1-16-4-2-13(19,3-5-16)7-17-8-15-10-9(14)6-20-11(10)12(17)18;10-8-4-7-9-5-2-1-3-6-9;1-2/h6,8,19H,2-5,7H2,1H3;1-3,5-6,8H,4,7H2;1-2H3. The summed E-state index contributed by atoms with van der Waals surface area (Å²) in [5.74, 6) is 0. The number of likely N-dealkylation sites (tertiary alicyclic amines) is 1. The van der Waals surface area contributed by atoms with Crippen molar-refractivity contribution in [2.45, 2.75) is 51.7 Å². The third-order valence-electron chi connectivity index (χ3n) is 5.28. The van der Waals surface area contributed by atoms with Gasteiger partial charge in [0.2, 0.25) is 0 Å². The summed E-state index contributed by atoms with van der Waals surface area (Å²) in [6.07, 6.45) is 5.35. The third kappa shape index (κ3) is 7.33. The second kappa shape index (κ2) is 13.0. The van der Waals surface area contributed by atoms with Gasteiger partial charge < -0.3 is 14.8 Å². The average Bonchev–Trinajstić information content (AvgIpc) is 3.20. The van der Waals surface area contributed by atoms with E-state index in [2.05, 4.69) is 25.8 Å². The number of hydrogen-bond donors (Lipinski definition) is 1. The Labute approximate surface area is 202 Å². The van der Waals surface area contributed by atoms with Crippen molar-refractivity contribution in [1.29, 1.82) is 0 Å². The predicted octanol–water partition coefficient (Wildman–Crippen LogP) is 4.52. The second-order valence-corrected chi connectivity index (χ2v) is 9.39. The van der Waals surface area contributed by atoms with Gasteiger partial charge in [0.05, 0.1) is 22.9 Å². The van der Waals surface area contributed by atoms with Crippen LogP contribution in [0.15, 0.2) is 51.3 Å². The Balaban J connectivity index is 0.000000255. The van der Waals surface area contributed by atoms with Gasteiger partial charge in [-0.3, -0.25) is 9.36 Å². The topological polar surface area (TPSA) is 75.4 Å². The van der Waals surface area contributed by atoms with Crippen molar-refractivity contribution in [3.8, 4) is 0 Å². The van der Waals surface area contributed by atoms with Crippen LogP contribution in [0, 0.1) is 0 Å². The highest BCUT2D eigenvalue weighted by Crippen LogP contribution is 2.27. The first kappa shape index (κ1) is 26.4. The van der Waals surface area contributed by atoms with E-state index < -0.39 is 5.60 Å². The molecular weight excluding hydrogens is 490 g/mol. The molecule has 0 amide bonds. The summed E-state index contributed by atoms with van der Waals surface area (Å²) in [5.41, 5.74) is 1.06. The van der Waals surface area contributed by atoms with Crippen LogP contribution in [0.25, 0.3) is 10.2 Å². The van der Waals surface area contributed by atoms with Crippen molar-refractivity contribution in [1.82, 2.24) is 14.5 Å². The van der Waals surface area contributed by atoms with Crippen molar-refractivity contribution >= 4 is 43.8 Å². The lowest BCUT2D eigenvalue weighted by molar-refractivity contribution is -0.107. The number of fused-ring (bicyclic) bond motifs is 1. The summed E-state index contributed by atoms with van der Waals surface area (Å²) < 4.78 is 3.02. The molecule has 0 bridgehead atoms. The van der Waals surface area contributed by atoms with E-state index in [0.717, 1.165) is 30.3 Å². The molecule has 0 saturated carbocycles. The number of halogens is 1. The largest absolute Gasteiger partial charge is 0.388 e. The molecule has 3 aromatic rings. The molecule has 1 aromatic carbocycles. The molecule has 1 aliphatic heterocycles. The molecule has 1 saturated heterocycles. The van der Waals surface area contributed by atoms with Crippen molar-refractivity contribution in [3.63, 3.8) is 0 Å². The molecule has 0 spiro atoms. The Hall–Kier alpha value is -1.87. The normalized spacial score (nSPS) is 15.3. The average molecular weight is 523 g/mol. The first-order valence-electron chi connectivity index (χ1n) is 10.9. The van der Waals surface area contributed by atoms with Gasteiger partial charge in [-0.05, 0) is 47.8 Å². The Morgan fingerprint density at radius 1 is 1.22 bits per heavy atom. The van der Waals surface area contributed by atoms with Crippen LogP contribution in [0.2, 0.25) is 0 Å². The van der Waals surface area contributed by atoms with Crippen LogP contribution in [-0.2, 0) is 17.8 Å². The predicted molar refractivity (Wildman–Crippen MR) is 135 cm³/mol. The monoisotopic (exact) mass is 521 g/mol. The van der Waals surface area contributed by atoms with E-state index in [4.69, 9.17) is 0 Å². The quantitative estimate of drug-likeness (QED) is 0.499. The van der Waals surface area contributed by atoms with E-state index >= 15 is 0 Å². The number of aryl methyl sites for hydroxylation is 1. The number of rotatable bonds is 5. The molecule has 4 rings (SSSR count). The molecule has 6 nitrogen and oxygen atoms in total. The Bertz CT molecular complexity index is 1030. The molecule has 8 heteroatoms. The van der Waals surface area contributed by atoms with Gasteiger partial charge in [0.1, 0.15) is 16.5 Å². The SMILES string of the molecule is CC.CN1CCC(O)(Cn2cnc3c(Br)csc3c2=O)CC1.O=CCCc1ccccc1. The van der Waals surface area contributed by atoms with Crippen LogP contribution < -0.4 is 5.56 Å². The maximum atomic E-state index is 12.4. The van der Waals surface area contributed by atoms with Gasteiger partial charge in [-0.25, -0.2) is 4.98 Å². The van der Waals surface area contributed by atoms with Crippen molar-refractivity contribution < 1.29 is 9.90 Å². The Morgan fingerprint density at radius 3 is 2.50 bits per heavy atom.